The number of nitrogens with two attached hydrogens (primary N) is 2. The van der Waals surface area contributed by atoms with Crippen LogP contribution in [0.3, 0.4) is 0 Å². The Morgan fingerprint density at radius 3 is 2.35 bits per heavy atom. The SMILES string of the molecule is N#Cc1ccc(N)c(NC(=O)/C=C/c2ccc(/C=C(\c3ccccc3)c3cccc(C(N)=O)c3)nc2)c1. The number of nitrogens with zero attached hydrogens (tertiary/aromatic N) is 2. The van der Waals surface area contributed by atoms with Crippen molar-refractivity contribution in [2.45, 2.75) is 0 Å². The number of nitrogen functional groups attached to an aromatic ring is 1. The van der Waals surface area contributed by atoms with Crippen LogP contribution < -0.4 is 16.8 Å². The number of nitrogens with one attached hydrogen (secondary N) is 1. The number of rotatable bonds is 7. The fraction of sp³-hybridized carbons (Fsp3) is 0. The van der Waals surface area contributed by atoms with Crippen LogP contribution in [0.2, 0.25) is 0 Å². The molecule has 7 nitrogen and oxygen atoms in total. The van der Waals surface area contributed by atoms with E-state index in [0.717, 1.165) is 22.3 Å². The highest BCUT2D eigenvalue weighted by Crippen LogP contribution is 2.26. The molecule has 5 N–H and O–H groups in total. The Bertz CT molecular complexity index is 1550. The molecule has 0 saturated heterocycles. The highest BCUT2D eigenvalue weighted by Gasteiger charge is 2.09. The average Bonchev–Trinajstić information content (AvgIpc) is 2.93. The Hall–Kier alpha value is -5.48. The van der Waals surface area contributed by atoms with E-state index in [9.17, 15) is 9.59 Å². The minimum absolute atomic E-state index is 0.370. The second-order valence-electron chi connectivity index (χ2n) is 8.12. The van der Waals surface area contributed by atoms with Crippen molar-refractivity contribution in [2.24, 2.45) is 5.73 Å². The van der Waals surface area contributed by atoms with Gasteiger partial charge in [-0.3, -0.25) is 14.6 Å². The van der Waals surface area contributed by atoms with Crippen LogP contribution in [0.4, 0.5) is 11.4 Å². The number of primary amides is 1. The Balaban J connectivity index is 1.55. The molecule has 1 aromatic heterocycles. The number of carbonyl (C=O) groups is 2. The fourth-order valence-corrected chi connectivity index (χ4v) is 3.62. The predicted octanol–water partition coefficient (Wildman–Crippen LogP) is 4.88. The topological polar surface area (TPSA) is 135 Å². The number of pyridine rings is 1. The summed E-state index contributed by atoms with van der Waals surface area (Å²) in [4.78, 5) is 28.6. The first-order valence-corrected chi connectivity index (χ1v) is 11.3. The van der Waals surface area contributed by atoms with Gasteiger partial charge in [0.2, 0.25) is 11.8 Å². The normalized spacial score (nSPS) is 11.2. The van der Waals surface area contributed by atoms with Crippen LogP contribution in [0.5, 0.6) is 0 Å². The molecule has 0 fully saturated rings. The van der Waals surface area contributed by atoms with Gasteiger partial charge in [-0.1, -0.05) is 48.5 Å². The van der Waals surface area contributed by atoms with Gasteiger partial charge in [0.15, 0.2) is 0 Å². The van der Waals surface area contributed by atoms with E-state index in [0.29, 0.717) is 28.2 Å². The molecule has 7 heteroatoms. The fourth-order valence-electron chi connectivity index (χ4n) is 3.62. The predicted molar refractivity (Wildman–Crippen MR) is 146 cm³/mol. The van der Waals surface area contributed by atoms with Crippen molar-refractivity contribution in [3.8, 4) is 6.07 Å². The summed E-state index contributed by atoms with van der Waals surface area (Å²) in [6.45, 7) is 0. The summed E-state index contributed by atoms with van der Waals surface area (Å²) in [6, 6.07) is 27.3. The van der Waals surface area contributed by atoms with Crippen LogP contribution in [0, 0.1) is 11.3 Å². The van der Waals surface area contributed by atoms with Gasteiger partial charge >= 0.3 is 0 Å². The van der Waals surface area contributed by atoms with Crippen molar-refractivity contribution >= 4 is 40.9 Å². The number of hydrogen-bond acceptors (Lipinski definition) is 5. The van der Waals surface area contributed by atoms with E-state index in [1.54, 1.807) is 42.6 Å². The highest BCUT2D eigenvalue weighted by atomic mass is 16.1. The van der Waals surface area contributed by atoms with Crippen molar-refractivity contribution in [3.05, 3.63) is 131 Å². The first-order chi connectivity index (χ1) is 17.9. The number of benzene rings is 3. The second-order valence-corrected chi connectivity index (χ2v) is 8.12. The molecule has 0 saturated carbocycles. The molecule has 1 heterocycles. The monoisotopic (exact) mass is 485 g/mol. The van der Waals surface area contributed by atoms with Gasteiger partial charge in [-0.05, 0) is 70.8 Å². The van der Waals surface area contributed by atoms with E-state index >= 15 is 0 Å². The lowest BCUT2D eigenvalue weighted by Crippen LogP contribution is -2.10. The molecule has 0 bridgehead atoms. The van der Waals surface area contributed by atoms with E-state index in [2.05, 4.69) is 10.3 Å². The Labute approximate surface area is 214 Å². The molecule has 0 aliphatic heterocycles. The lowest BCUT2D eigenvalue weighted by molar-refractivity contribution is -0.111. The molecule has 0 unspecified atom stereocenters. The third kappa shape index (κ3) is 6.35. The van der Waals surface area contributed by atoms with Crippen LogP contribution in [-0.2, 0) is 4.79 Å². The molecule has 2 amide bonds. The molecule has 0 atom stereocenters. The van der Waals surface area contributed by atoms with Gasteiger partial charge in [0.1, 0.15) is 0 Å². The Kier molecular flexibility index (Phi) is 7.52. The Morgan fingerprint density at radius 1 is 0.892 bits per heavy atom. The Morgan fingerprint density at radius 2 is 1.65 bits per heavy atom. The first kappa shape index (κ1) is 24.6. The maximum atomic E-state index is 12.3. The van der Waals surface area contributed by atoms with Gasteiger partial charge in [0.05, 0.1) is 28.7 Å². The molecule has 0 spiro atoms. The summed E-state index contributed by atoms with van der Waals surface area (Å²) < 4.78 is 0. The lowest BCUT2D eigenvalue weighted by Gasteiger charge is -2.10. The quantitative estimate of drug-likeness (QED) is 0.253. The van der Waals surface area contributed by atoms with E-state index in [1.165, 1.54) is 12.1 Å². The zero-order valence-electron chi connectivity index (χ0n) is 19.8. The van der Waals surface area contributed by atoms with Crippen molar-refractivity contribution in [1.82, 2.24) is 4.98 Å². The van der Waals surface area contributed by atoms with Gasteiger partial charge in [-0.15, -0.1) is 0 Å². The summed E-state index contributed by atoms with van der Waals surface area (Å²) in [6.07, 6.45) is 6.59. The minimum Gasteiger partial charge on any atom is -0.397 e. The molecule has 4 rings (SSSR count). The third-order valence-electron chi connectivity index (χ3n) is 5.51. The minimum atomic E-state index is -0.493. The molecule has 3 aromatic carbocycles. The number of anilines is 2. The van der Waals surface area contributed by atoms with Gasteiger partial charge < -0.3 is 16.8 Å². The summed E-state index contributed by atoms with van der Waals surface area (Å²) in [5.74, 6) is -0.875. The standard InChI is InChI=1S/C30H23N5O2/c31-18-21-10-13-27(32)28(15-21)35-29(36)14-11-20-9-12-25(34-19-20)17-26(22-5-2-1-3-6-22)23-7-4-8-24(16-23)30(33)37/h1-17,19H,32H2,(H2,33,37)(H,35,36)/b14-11+,26-17+. The van der Waals surface area contributed by atoms with Gasteiger partial charge in [0.25, 0.3) is 0 Å². The van der Waals surface area contributed by atoms with E-state index in [1.807, 2.05) is 60.7 Å². The van der Waals surface area contributed by atoms with E-state index in [-0.39, 0.29) is 5.91 Å². The van der Waals surface area contributed by atoms with Crippen LogP contribution >= 0.6 is 0 Å². The van der Waals surface area contributed by atoms with Crippen molar-refractivity contribution in [1.29, 1.82) is 5.26 Å². The van der Waals surface area contributed by atoms with E-state index in [4.69, 9.17) is 16.7 Å². The maximum absolute atomic E-state index is 12.3. The van der Waals surface area contributed by atoms with Crippen LogP contribution in [0.25, 0.3) is 17.7 Å². The van der Waals surface area contributed by atoms with E-state index < -0.39 is 5.91 Å². The van der Waals surface area contributed by atoms with Gasteiger partial charge in [-0.2, -0.15) is 5.26 Å². The van der Waals surface area contributed by atoms with Gasteiger partial charge in [-0.25, -0.2) is 0 Å². The molecule has 0 aliphatic rings. The number of nitriles is 1. The van der Waals surface area contributed by atoms with Crippen LogP contribution in [-0.4, -0.2) is 16.8 Å². The number of hydrogen-bond donors (Lipinski definition) is 3. The van der Waals surface area contributed by atoms with Crippen molar-refractivity contribution in [2.75, 3.05) is 11.1 Å². The molecule has 37 heavy (non-hydrogen) atoms. The highest BCUT2D eigenvalue weighted by molar-refractivity contribution is 6.03. The molecular formula is C30H23N5O2. The second kappa shape index (κ2) is 11.3. The van der Waals surface area contributed by atoms with Crippen LogP contribution in [0.1, 0.15) is 38.3 Å². The zero-order valence-corrected chi connectivity index (χ0v) is 19.8. The number of aromatic nitrogens is 1. The maximum Gasteiger partial charge on any atom is 0.248 e. The summed E-state index contributed by atoms with van der Waals surface area (Å²) >= 11 is 0. The zero-order chi connectivity index (χ0) is 26.2. The van der Waals surface area contributed by atoms with Gasteiger partial charge in [0, 0.05) is 17.8 Å². The molecular weight excluding hydrogens is 462 g/mol. The van der Waals surface area contributed by atoms with Crippen LogP contribution in [0.15, 0.2) is 97.2 Å². The molecule has 4 aromatic rings. The van der Waals surface area contributed by atoms with Crippen molar-refractivity contribution < 1.29 is 9.59 Å². The summed E-state index contributed by atoms with van der Waals surface area (Å²) in [7, 11) is 0. The third-order valence-corrected chi connectivity index (χ3v) is 5.51. The smallest absolute Gasteiger partial charge is 0.248 e. The molecule has 0 radical (unpaired) electrons. The van der Waals surface area contributed by atoms with Crippen molar-refractivity contribution in [3.63, 3.8) is 0 Å². The number of carbonyl (C=O) groups excluding carboxylic acids is 2. The molecule has 0 aliphatic carbocycles. The average molecular weight is 486 g/mol. The first-order valence-electron chi connectivity index (χ1n) is 11.3. The summed E-state index contributed by atoms with van der Waals surface area (Å²) in [5, 5.41) is 11.7. The molecule has 180 valence electrons. The lowest BCUT2D eigenvalue weighted by atomic mass is 9.95. The number of amides is 2. The largest absolute Gasteiger partial charge is 0.397 e. The summed E-state index contributed by atoms with van der Waals surface area (Å²) in [5.41, 5.74) is 17.0.